The Kier molecular flexibility index (Phi) is 12.5. The van der Waals surface area contributed by atoms with Gasteiger partial charge in [0.25, 0.3) is 0 Å². The van der Waals surface area contributed by atoms with E-state index in [9.17, 15) is 14.7 Å². The molecule has 52 heavy (non-hydrogen) atoms. The highest BCUT2D eigenvalue weighted by molar-refractivity contribution is 5.91. The van der Waals surface area contributed by atoms with Gasteiger partial charge in [-0.25, -0.2) is 9.59 Å². The quantitative estimate of drug-likeness (QED) is 0.267. The highest BCUT2D eigenvalue weighted by Gasteiger charge is 2.59. The molecule has 0 saturated carbocycles. The SMILES string of the molecule is C=CC1OC(=O)/C(C)=C/[C@H](C)[C@@H](OC2O[C@@H](C)C[C@@H](N(C)C)[C@@H]2O)[C@@](C)(OC/C=C/c2ccccc2)C[C@@H](C)C2=NCCN3C(=O)O[C@@]1(C)[C@H]3[C@@H]2C. The zero-order chi connectivity index (χ0) is 38.0. The Balaban J connectivity index is 1.60. The molecular formula is C41H59N3O8. The maximum absolute atomic E-state index is 13.8. The summed E-state index contributed by atoms with van der Waals surface area (Å²) in [5.74, 6) is -1.34. The van der Waals surface area contributed by atoms with Crippen molar-refractivity contribution < 1.29 is 38.4 Å². The molecule has 4 aliphatic rings. The fourth-order valence-electron chi connectivity index (χ4n) is 8.89. The molecule has 2 saturated heterocycles. The Labute approximate surface area is 309 Å². The Hall–Kier alpha value is -3.35. The minimum atomic E-state index is -1.20. The summed E-state index contributed by atoms with van der Waals surface area (Å²) in [4.78, 5) is 36.0. The first-order valence-electron chi connectivity index (χ1n) is 18.7. The first-order valence-corrected chi connectivity index (χ1v) is 18.7. The molecule has 0 aromatic heterocycles. The average Bonchev–Trinajstić information content (AvgIpc) is 3.22. The normalized spacial score (nSPS) is 39.9. The molecule has 2 bridgehead atoms. The van der Waals surface area contributed by atoms with Crippen LogP contribution in [0.4, 0.5) is 4.79 Å². The van der Waals surface area contributed by atoms with E-state index in [0.29, 0.717) is 31.5 Å². The van der Waals surface area contributed by atoms with Crippen molar-refractivity contribution in [3.05, 3.63) is 66.3 Å². The molecule has 0 radical (unpaired) electrons. The monoisotopic (exact) mass is 721 g/mol. The summed E-state index contributed by atoms with van der Waals surface area (Å²) in [6.07, 6.45) is 4.42. The van der Waals surface area contributed by atoms with Crippen LogP contribution in [0.15, 0.2) is 65.7 Å². The van der Waals surface area contributed by atoms with Gasteiger partial charge in [0, 0.05) is 35.7 Å². The summed E-state index contributed by atoms with van der Waals surface area (Å²) in [7, 11) is 3.89. The largest absolute Gasteiger partial charge is 0.450 e. The molecule has 2 fully saturated rings. The van der Waals surface area contributed by atoms with Crippen molar-refractivity contribution in [2.24, 2.45) is 22.7 Å². The molecule has 2 unspecified atom stereocenters. The van der Waals surface area contributed by atoms with E-state index in [0.717, 1.165) is 11.3 Å². The fraction of sp³-hybridized carbons (Fsp3) is 0.634. The molecular weight excluding hydrogens is 662 g/mol. The van der Waals surface area contributed by atoms with Gasteiger partial charge in [-0.15, -0.1) is 0 Å². The number of benzene rings is 1. The molecule has 5 rings (SSSR count). The third-order valence-electron chi connectivity index (χ3n) is 11.4. The van der Waals surface area contributed by atoms with Crippen molar-refractivity contribution in [3.63, 3.8) is 0 Å². The number of nitrogens with zero attached hydrogens (tertiary/aromatic N) is 3. The van der Waals surface area contributed by atoms with E-state index in [1.165, 1.54) is 0 Å². The molecule has 11 heteroatoms. The smallest absolute Gasteiger partial charge is 0.411 e. The van der Waals surface area contributed by atoms with Gasteiger partial charge in [-0.3, -0.25) is 9.89 Å². The van der Waals surface area contributed by atoms with Gasteiger partial charge in [-0.2, -0.15) is 0 Å². The number of esters is 1. The number of hydrogen-bond donors (Lipinski definition) is 1. The number of hydrogen-bond acceptors (Lipinski definition) is 10. The third-order valence-corrected chi connectivity index (χ3v) is 11.4. The van der Waals surface area contributed by atoms with Gasteiger partial charge in [-0.1, -0.05) is 75.9 Å². The predicted molar refractivity (Wildman–Crippen MR) is 201 cm³/mol. The Morgan fingerprint density at radius 3 is 2.52 bits per heavy atom. The second-order valence-corrected chi connectivity index (χ2v) is 15.7. The van der Waals surface area contributed by atoms with Gasteiger partial charge in [0.1, 0.15) is 6.10 Å². The maximum atomic E-state index is 13.8. The van der Waals surface area contributed by atoms with Crippen LogP contribution >= 0.6 is 0 Å². The molecule has 1 N–H and O–H groups in total. The summed E-state index contributed by atoms with van der Waals surface area (Å²) in [6.45, 7) is 18.8. The fourth-order valence-corrected chi connectivity index (χ4v) is 8.89. The summed E-state index contributed by atoms with van der Waals surface area (Å²) in [5, 5.41) is 11.6. The number of likely N-dealkylation sites (N-methyl/N-ethyl adjacent to an activating group) is 1. The van der Waals surface area contributed by atoms with Crippen molar-refractivity contribution in [3.8, 4) is 0 Å². The van der Waals surface area contributed by atoms with Crippen LogP contribution in [0, 0.1) is 17.8 Å². The van der Waals surface area contributed by atoms with Crippen molar-refractivity contribution in [2.75, 3.05) is 33.8 Å². The van der Waals surface area contributed by atoms with Gasteiger partial charge < -0.3 is 33.7 Å². The second-order valence-electron chi connectivity index (χ2n) is 15.7. The highest BCUT2D eigenvalue weighted by Crippen LogP contribution is 2.43. The zero-order valence-electron chi connectivity index (χ0n) is 32.4. The van der Waals surface area contributed by atoms with Crippen molar-refractivity contribution in [2.45, 2.75) is 115 Å². The van der Waals surface area contributed by atoms with Crippen LogP contribution in [0.3, 0.4) is 0 Å². The number of fused-ring (bicyclic) bond motifs is 1. The van der Waals surface area contributed by atoms with E-state index in [1.807, 2.05) is 95.3 Å². The molecule has 12 atom stereocenters. The molecule has 4 aliphatic heterocycles. The van der Waals surface area contributed by atoms with Crippen LogP contribution in [0.1, 0.15) is 66.9 Å². The zero-order valence-corrected chi connectivity index (χ0v) is 32.4. The number of aliphatic imine (C=N–C) groups is 1. The van der Waals surface area contributed by atoms with Crippen LogP contribution < -0.4 is 0 Å². The molecule has 0 spiro atoms. The number of amides is 1. The van der Waals surface area contributed by atoms with Crippen molar-refractivity contribution >= 4 is 23.9 Å². The van der Waals surface area contributed by atoms with E-state index in [-0.39, 0.29) is 30.6 Å². The molecule has 1 aromatic carbocycles. The molecule has 286 valence electrons. The van der Waals surface area contributed by atoms with E-state index in [4.69, 9.17) is 28.7 Å². The number of carbonyl (C=O) groups is 2. The highest BCUT2D eigenvalue weighted by atomic mass is 16.7. The first kappa shape index (κ1) is 39.8. The number of aliphatic hydroxyl groups is 1. The van der Waals surface area contributed by atoms with Crippen LogP contribution in [0.5, 0.6) is 0 Å². The summed E-state index contributed by atoms with van der Waals surface area (Å²) < 4.78 is 32.3. The van der Waals surface area contributed by atoms with E-state index < -0.39 is 59.8 Å². The predicted octanol–water partition coefficient (Wildman–Crippen LogP) is 5.68. The molecule has 1 aromatic rings. The summed E-state index contributed by atoms with van der Waals surface area (Å²) >= 11 is 0. The van der Waals surface area contributed by atoms with Gasteiger partial charge in [0.15, 0.2) is 18.0 Å². The van der Waals surface area contributed by atoms with E-state index in [1.54, 1.807) is 17.9 Å². The lowest BCUT2D eigenvalue weighted by Crippen LogP contribution is -2.59. The maximum Gasteiger partial charge on any atom is 0.411 e. The van der Waals surface area contributed by atoms with Crippen LogP contribution in [-0.4, -0.2) is 120 Å². The van der Waals surface area contributed by atoms with Crippen molar-refractivity contribution in [1.29, 1.82) is 0 Å². The lowest BCUT2D eigenvalue weighted by molar-refractivity contribution is -0.295. The number of cyclic esters (lactones) is 1. The van der Waals surface area contributed by atoms with Gasteiger partial charge in [0.05, 0.1) is 37.0 Å². The number of rotatable bonds is 8. The van der Waals surface area contributed by atoms with E-state index >= 15 is 0 Å². The van der Waals surface area contributed by atoms with Gasteiger partial charge in [0.2, 0.25) is 0 Å². The summed E-state index contributed by atoms with van der Waals surface area (Å²) in [6, 6.07) is 9.38. The first-order chi connectivity index (χ1) is 24.6. The lowest BCUT2D eigenvalue weighted by Gasteiger charge is -2.47. The lowest BCUT2D eigenvalue weighted by atomic mass is 9.74. The molecule has 1 amide bonds. The standard InChI is InChI=1S/C41H59N3O8/c1-11-32-41(8)35-29(6)33(42-19-20-44(35)39(47)52-41)27(4)24-40(7,48-21-15-18-30-16-13-12-14-17-30)36(25(2)22-26(3)37(46)50-32)51-38-34(45)31(43(9)10)23-28(5)49-38/h11-18,22,25,27-29,31-32,34-36,38,45H,1,19-21,23-24H2,2-10H3/b18-15+,26-22+/t25-,27+,28-,29+,31+,32?,34-,35+,36+,38?,40-,41+/m0/s1. The molecule has 11 nitrogen and oxygen atoms in total. The Bertz CT molecular complexity index is 1530. The van der Waals surface area contributed by atoms with Gasteiger partial charge in [-0.05, 0) is 72.2 Å². The average molecular weight is 722 g/mol. The Morgan fingerprint density at radius 2 is 1.85 bits per heavy atom. The van der Waals surface area contributed by atoms with E-state index in [2.05, 4.69) is 20.4 Å². The minimum absolute atomic E-state index is 0.125. The molecule has 4 heterocycles. The number of carbonyl (C=O) groups excluding carboxylic acids is 2. The Morgan fingerprint density at radius 1 is 1.13 bits per heavy atom. The van der Waals surface area contributed by atoms with Crippen LogP contribution in [0.25, 0.3) is 6.08 Å². The third kappa shape index (κ3) is 8.24. The van der Waals surface area contributed by atoms with Gasteiger partial charge >= 0.3 is 12.1 Å². The second kappa shape index (κ2) is 16.3. The topological polar surface area (TPSA) is 119 Å². The minimum Gasteiger partial charge on any atom is -0.450 e. The van der Waals surface area contributed by atoms with Crippen molar-refractivity contribution in [1.82, 2.24) is 9.80 Å². The van der Waals surface area contributed by atoms with Crippen LogP contribution in [-0.2, 0) is 28.5 Å². The summed E-state index contributed by atoms with van der Waals surface area (Å²) in [5.41, 5.74) is 0.153. The molecule has 0 aliphatic carbocycles. The number of ether oxygens (including phenoxy) is 5. The van der Waals surface area contributed by atoms with Crippen LogP contribution in [0.2, 0.25) is 0 Å². The number of aliphatic hydroxyl groups excluding tert-OH is 1.